The van der Waals surface area contributed by atoms with Gasteiger partial charge >= 0.3 is 0 Å². The third-order valence-corrected chi connectivity index (χ3v) is 6.10. The number of fused-ring (bicyclic) bond motifs is 1. The predicted molar refractivity (Wildman–Crippen MR) is 125 cm³/mol. The summed E-state index contributed by atoms with van der Waals surface area (Å²) in [5.41, 5.74) is 0.950. The molecule has 1 aliphatic heterocycles. The zero-order valence-corrected chi connectivity index (χ0v) is 19.8. The summed E-state index contributed by atoms with van der Waals surface area (Å²) in [4.78, 5) is 29.7. The van der Waals surface area contributed by atoms with Crippen molar-refractivity contribution in [2.45, 2.75) is 26.0 Å². The molecule has 0 aliphatic carbocycles. The lowest BCUT2D eigenvalue weighted by Gasteiger charge is -2.34. The molecule has 1 heterocycles. The van der Waals surface area contributed by atoms with Gasteiger partial charge in [0.1, 0.15) is 18.2 Å². The number of rotatable bonds is 3. The molecule has 3 rings (SSSR count). The Morgan fingerprint density at radius 2 is 1.91 bits per heavy atom. The minimum absolute atomic E-state index is 0.123. The summed E-state index contributed by atoms with van der Waals surface area (Å²) < 4.78 is 25.2. The SMILES string of the molecule is CO[C@H]1CN(C)C(=O)c2cc(NC(=O)c3cccc(F)c3)ccc2OC[C@H](C)N(C)C[C@@H]1C. The molecule has 0 fully saturated rings. The van der Waals surface area contributed by atoms with Gasteiger partial charge in [-0.15, -0.1) is 0 Å². The van der Waals surface area contributed by atoms with E-state index in [9.17, 15) is 14.0 Å². The molecule has 0 bridgehead atoms. The minimum Gasteiger partial charge on any atom is -0.491 e. The molecule has 33 heavy (non-hydrogen) atoms. The van der Waals surface area contributed by atoms with Gasteiger partial charge in [0.2, 0.25) is 0 Å². The Morgan fingerprint density at radius 1 is 1.15 bits per heavy atom. The predicted octanol–water partition coefficient (Wildman–Crippen LogP) is 3.51. The lowest BCUT2D eigenvalue weighted by Crippen LogP contribution is -2.45. The van der Waals surface area contributed by atoms with Crippen LogP contribution in [0.1, 0.15) is 34.6 Å². The lowest BCUT2D eigenvalue weighted by atomic mass is 10.0. The van der Waals surface area contributed by atoms with Gasteiger partial charge in [-0.05, 0) is 56.3 Å². The normalized spacial score (nSPS) is 22.5. The number of nitrogens with zero attached hydrogens (tertiary/aromatic N) is 2. The van der Waals surface area contributed by atoms with Gasteiger partial charge in [0.15, 0.2) is 0 Å². The maximum absolute atomic E-state index is 13.5. The highest BCUT2D eigenvalue weighted by Gasteiger charge is 2.27. The molecular formula is C25H32FN3O4. The Kier molecular flexibility index (Phi) is 8.05. The summed E-state index contributed by atoms with van der Waals surface area (Å²) in [6.07, 6.45) is -0.131. The van der Waals surface area contributed by atoms with Gasteiger partial charge in [-0.3, -0.25) is 14.5 Å². The molecule has 2 amide bonds. The van der Waals surface area contributed by atoms with Gasteiger partial charge in [-0.25, -0.2) is 4.39 Å². The quantitative estimate of drug-likeness (QED) is 0.764. The fraction of sp³-hybridized carbons (Fsp3) is 0.440. The first-order valence-electron chi connectivity index (χ1n) is 11.0. The molecule has 1 aliphatic rings. The molecule has 0 spiro atoms. The van der Waals surface area contributed by atoms with E-state index in [-0.39, 0.29) is 29.5 Å². The van der Waals surface area contributed by atoms with E-state index in [0.717, 1.165) is 12.6 Å². The molecule has 8 heteroatoms. The van der Waals surface area contributed by atoms with Gasteiger partial charge in [0, 0.05) is 44.5 Å². The Labute approximate surface area is 194 Å². The van der Waals surface area contributed by atoms with E-state index in [1.54, 1.807) is 37.3 Å². The Hall–Kier alpha value is -2.97. The van der Waals surface area contributed by atoms with E-state index in [2.05, 4.69) is 24.1 Å². The summed E-state index contributed by atoms with van der Waals surface area (Å²) in [5, 5.41) is 2.74. The van der Waals surface area contributed by atoms with Crippen molar-refractivity contribution in [1.82, 2.24) is 9.80 Å². The van der Waals surface area contributed by atoms with Crippen LogP contribution in [0.2, 0.25) is 0 Å². The third-order valence-electron chi connectivity index (χ3n) is 6.10. The largest absolute Gasteiger partial charge is 0.491 e. The zero-order valence-electron chi connectivity index (χ0n) is 19.8. The highest BCUT2D eigenvalue weighted by molar-refractivity contribution is 6.05. The van der Waals surface area contributed by atoms with Crippen molar-refractivity contribution in [3.8, 4) is 5.75 Å². The van der Waals surface area contributed by atoms with Crippen LogP contribution in [0.25, 0.3) is 0 Å². The molecule has 0 saturated carbocycles. The number of ether oxygens (including phenoxy) is 2. The first-order chi connectivity index (χ1) is 15.7. The van der Waals surface area contributed by atoms with Crippen molar-refractivity contribution in [3.63, 3.8) is 0 Å². The molecule has 3 atom stereocenters. The average molecular weight is 458 g/mol. The van der Waals surface area contributed by atoms with Gasteiger partial charge in [-0.1, -0.05) is 13.0 Å². The summed E-state index contributed by atoms with van der Waals surface area (Å²) in [6, 6.07) is 10.5. The molecule has 0 aromatic heterocycles. The average Bonchev–Trinajstić information content (AvgIpc) is 2.79. The number of benzene rings is 2. The first-order valence-corrected chi connectivity index (χ1v) is 11.0. The van der Waals surface area contributed by atoms with Crippen molar-refractivity contribution < 1.29 is 23.5 Å². The smallest absolute Gasteiger partial charge is 0.257 e. The van der Waals surface area contributed by atoms with Gasteiger partial charge in [0.25, 0.3) is 11.8 Å². The lowest BCUT2D eigenvalue weighted by molar-refractivity contribution is 0.0150. The van der Waals surface area contributed by atoms with Crippen LogP contribution in [0.4, 0.5) is 10.1 Å². The van der Waals surface area contributed by atoms with Crippen molar-refractivity contribution in [3.05, 3.63) is 59.4 Å². The van der Waals surface area contributed by atoms with Crippen LogP contribution in [0, 0.1) is 11.7 Å². The first kappa shape index (κ1) is 24.7. The second-order valence-electron chi connectivity index (χ2n) is 8.71. The Bertz CT molecular complexity index is 999. The molecule has 1 N–H and O–H groups in total. The standard InChI is InChI=1S/C25H32FN3O4/c1-16-13-28(3)17(2)15-33-22-10-9-20(27-24(30)18-7-6-8-19(26)11-18)12-21(22)25(31)29(4)14-23(16)32-5/h6-12,16-17,23H,13-15H2,1-5H3,(H,27,30)/t16-,17-,23-/m0/s1. The van der Waals surface area contributed by atoms with E-state index in [1.807, 2.05) is 7.05 Å². The third kappa shape index (κ3) is 6.09. The van der Waals surface area contributed by atoms with E-state index in [1.165, 1.54) is 18.2 Å². The fourth-order valence-corrected chi connectivity index (χ4v) is 3.87. The van der Waals surface area contributed by atoms with E-state index in [0.29, 0.717) is 30.2 Å². The molecular weight excluding hydrogens is 425 g/mol. The number of hydrogen-bond acceptors (Lipinski definition) is 5. The number of likely N-dealkylation sites (N-methyl/N-ethyl adjacent to an activating group) is 2. The van der Waals surface area contributed by atoms with Gasteiger partial charge in [-0.2, -0.15) is 0 Å². The zero-order chi connectivity index (χ0) is 24.1. The van der Waals surface area contributed by atoms with Crippen LogP contribution in [0.3, 0.4) is 0 Å². The number of anilines is 1. The number of hydrogen-bond donors (Lipinski definition) is 1. The number of carbonyl (C=O) groups is 2. The van der Waals surface area contributed by atoms with Crippen LogP contribution in [-0.2, 0) is 4.74 Å². The number of halogens is 1. The maximum Gasteiger partial charge on any atom is 0.257 e. The topological polar surface area (TPSA) is 71.1 Å². The maximum atomic E-state index is 13.5. The van der Waals surface area contributed by atoms with E-state index >= 15 is 0 Å². The molecule has 178 valence electrons. The molecule has 2 aromatic carbocycles. The van der Waals surface area contributed by atoms with Gasteiger partial charge < -0.3 is 19.7 Å². The summed E-state index contributed by atoms with van der Waals surface area (Å²) in [5.74, 6) is -0.547. The molecule has 0 radical (unpaired) electrons. The van der Waals surface area contributed by atoms with E-state index in [4.69, 9.17) is 9.47 Å². The van der Waals surface area contributed by atoms with E-state index < -0.39 is 11.7 Å². The fourth-order valence-electron chi connectivity index (χ4n) is 3.87. The van der Waals surface area contributed by atoms with Crippen molar-refractivity contribution in [2.75, 3.05) is 46.2 Å². The van der Waals surface area contributed by atoms with Gasteiger partial charge in [0.05, 0.1) is 11.7 Å². The summed E-state index contributed by atoms with van der Waals surface area (Å²) >= 11 is 0. The second kappa shape index (κ2) is 10.8. The van der Waals surface area contributed by atoms with Crippen molar-refractivity contribution >= 4 is 17.5 Å². The second-order valence-corrected chi connectivity index (χ2v) is 8.71. The van der Waals surface area contributed by atoms with Crippen LogP contribution < -0.4 is 10.1 Å². The van der Waals surface area contributed by atoms with Crippen molar-refractivity contribution in [1.29, 1.82) is 0 Å². The molecule has 0 unspecified atom stereocenters. The molecule has 2 aromatic rings. The summed E-state index contributed by atoms with van der Waals surface area (Å²) in [6.45, 7) is 5.80. The van der Waals surface area contributed by atoms with Crippen LogP contribution in [0.15, 0.2) is 42.5 Å². The van der Waals surface area contributed by atoms with Crippen molar-refractivity contribution in [2.24, 2.45) is 5.92 Å². The highest BCUT2D eigenvalue weighted by atomic mass is 19.1. The summed E-state index contributed by atoms with van der Waals surface area (Å²) in [7, 11) is 5.43. The molecule has 7 nitrogen and oxygen atoms in total. The Balaban J connectivity index is 1.91. The van der Waals surface area contributed by atoms with Crippen LogP contribution in [-0.4, -0.2) is 74.7 Å². The Morgan fingerprint density at radius 3 is 2.61 bits per heavy atom. The number of methoxy groups -OCH3 is 1. The minimum atomic E-state index is -0.494. The molecule has 0 saturated heterocycles. The number of nitrogens with one attached hydrogen (secondary N) is 1. The highest BCUT2D eigenvalue weighted by Crippen LogP contribution is 2.26. The number of carbonyl (C=O) groups excluding carboxylic acids is 2. The monoisotopic (exact) mass is 457 g/mol. The van der Waals surface area contributed by atoms with Crippen LogP contribution in [0.5, 0.6) is 5.75 Å². The number of amides is 2. The van der Waals surface area contributed by atoms with Crippen LogP contribution >= 0.6 is 0 Å².